The zero-order valence-electron chi connectivity index (χ0n) is 11.5. The second-order valence-electron chi connectivity index (χ2n) is 5.57. The van der Waals surface area contributed by atoms with Crippen LogP contribution in [0.15, 0.2) is 16.1 Å². The van der Waals surface area contributed by atoms with E-state index in [0.29, 0.717) is 10.2 Å². The van der Waals surface area contributed by atoms with Crippen LogP contribution in [0.5, 0.6) is 0 Å². The zero-order chi connectivity index (χ0) is 13.7. The first-order valence-electron chi connectivity index (χ1n) is 7.21. The monoisotopic (exact) mass is 303 g/mol. The Bertz CT molecular complexity index is 362. The fourth-order valence-electron chi connectivity index (χ4n) is 2.70. The van der Waals surface area contributed by atoms with Crippen molar-refractivity contribution in [1.29, 1.82) is 0 Å². The Labute approximate surface area is 125 Å². The van der Waals surface area contributed by atoms with E-state index in [0.717, 1.165) is 25.6 Å². The summed E-state index contributed by atoms with van der Waals surface area (Å²) in [5, 5.41) is 8.13. The van der Waals surface area contributed by atoms with Crippen molar-refractivity contribution in [2.24, 2.45) is 4.99 Å². The fraction of sp³-hybridized carbons (Fsp3) is 0.786. The van der Waals surface area contributed by atoms with Crippen molar-refractivity contribution < 1.29 is 0 Å². The van der Waals surface area contributed by atoms with Crippen molar-refractivity contribution >= 4 is 28.4 Å². The SMILES string of the molecule is CC1(NCCCNC2CCCCC2)N=C(Cl)C=C1Cl. The third-order valence-electron chi connectivity index (χ3n) is 3.90. The van der Waals surface area contributed by atoms with Gasteiger partial charge in [-0.3, -0.25) is 5.32 Å². The molecule has 2 N–H and O–H groups in total. The lowest BCUT2D eigenvalue weighted by Gasteiger charge is -2.25. The summed E-state index contributed by atoms with van der Waals surface area (Å²) in [5.74, 6) is 0. The van der Waals surface area contributed by atoms with E-state index in [1.54, 1.807) is 6.08 Å². The number of aliphatic imine (C=N–C) groups is 1. The standard InChI is InChI=1S/C14H23Cl2N3/c1-14(12(15)10-13(16)19-14)18-9-5-8-17-11-6-3-2-4-7-11/h10-11,17-18H,2-9H2,1H3. The highest BCUT2D eigenvalue weighted by molar-refractivity contribution is 6.69. The molecule has 1 heterocycles. The van der Waals surface area contributed by atoms with Gasteiger partial charge in [-0.1, -0.05) is 42.5 Å². The Hall–Kier alpha value is -0.0900. The van der Waals surface area contributed by atoms with Gasteiger partial charge >= 0.3 is 0 Å². The maximum absolute atomic E-state index is 6.13. The molecule has 0 radical (unpaired) electrons. The molecule has 1 fully saturated rings. The molecule has 0 aromatic rings. The summed E-state index contributed by atoms with van der Waals surface area (Å²) in [4.78, 5) is 4.31. The van der Waals surface area contributed by atoms with Gasteiger partial charge < -0.3 is 5.32 Å². The minimum atomic E-state index is -0.524. The van der Waals surface area contributed by atoms with Gasteiger partial charge in [0.2, 0.25) is 0 Å². The number of nitrogens with zero attached hydrogens (tertiary/aromatic N) is 1. The molecule has 0 aromatic carbocycles. The Kier molecular flexibility index (Phi) is 5.70. The van der Waals surface area contributed by atoms with Gasteiger partial charge in [-0.2, -0.15) is 0 Å². The van der Waals surface area contributed by atoms with Gasteiger partial charge in [0.25, 0.3) is 0 Å². The number of hydrogen-bond donors (Lipinski definition) is 2. The maximum Gasteiger partial charge on any atom is 0.145 e. The van der Waals surface area contributed by atoms with Crippen molar-refractivity contribution in [2.45, 2.75) is 57.2 Å². The van der Waals surface area contributed by atoms with Crippen LogP contribution in [0.3, 0.4) is 0 Å². The molecule has 0 spiro atoms. The van der Waals surface area contributed by atoms with Gasteiger partial charge in [0.1, 0.15) is 10.8 Å². The number of nitrogens with one attached hydrogen (secondary N) is 2. The molecule has 1 saturated carbocycles. The minimum absolute atomic E-state index is 0.473. The first-order chi connectivity index (χ1) is 9.10. The predicted octanol–water partition coefficient (Wildman–Crippen LogP) is 3.38. The average molecular weight is 304 g/mol. The van der Waals surface area contributed by atoms with Crippen LogP contribution >= 0.6 is 23.2 Å². The van der Waals surface area contributed by atoms with Crippen LogP contribution in [-0.2, 0) is 0 Å². The van der Waals surface area contributed by atoms with Gasteiger partial charge in [-0.25, -0.2) is 4.99 Å². The lowest BCUT2D eigenvalue weighted by Crippen LogP contribution is -2.41. The largest absolute Gasteiger partial charge is 0.314 e. The van der Waals surface area contributed by atoms with E-state index >= 15 is 0 Å². The summed E-state index contributed by atoms with van der Waals surface area (Å²) in [6.45, 7) is 3.89. The van der Waals surface area contributed by atoms with Crippen LogP contribution in [0.25, 0.3) is 0 Å². The van der Waals surface area contributed by atoms with Crippen molar-refractivity contribution in [3.63, 3.8) is 0 Å². The first-order valence-corrected chi connectivity index (χ1v) is 7.97. The van der Waals surface area contributed by atoms with Crippen LogP contribution in [0.1, 0.15) is 45.4 Å². The summed E-state index contributed by atoms with van der Waals surface area (Å²) >= 11 is 12.0. The van der Waals surface area contributed by atoms with E-state index in [1.807, 2.05) is 6.92 Å². The predicted molar refractivity (Wildman–Crippen MR) is 83.1 cm³/mol. The Balaban J connectivity index is 1.60. The van der Waals surface area contributed by atoms with E-state index in [9.17, 15) is 0 Å². The van der Waals surface area contributed by atoms with E-state index < -0.39 is 5.66 Å². The molecular formula is C14H23Cl2N3. The topological polar surface area (TPSA) is 36.4 Å². The normalized spacial score (nSPS) is 28.4. The quantitative estimate of drug-likeness (QED) is 0.738. The van der Waals surface area contributed by atoms with Gasteiger partial charge in [0.05, 0.1) is 5.03 Å². The number of halogens is 2. The van der Waals surface area contributed by atoms with E-state index in [2.05, 4.69) is 15.6 Å². The highest BCUT2D eigenvalue weighted by atomic mass is 35.5. The van der Waals surface area contributed by atoms with Gasteiger partial charge in [0.15, 0.2) is 0 Å². The number of hydrogen-bond acceptors (Lipinski definition) is 3. The lowest BCUT2D eigenvalue weighted by molar-refractivity contribution is 0.366. The molecule has 0 amide bonds. The first kappa shape index (κ1) is 15.3. The molecule has 5 heteroatoms. The summed E-state index contributed by atoms with van der Waals surface area (Å²) in [6, 6.07) is 0.728. The summed E-state index contributed by atoms with van der Waals surface area (Å²) < 4.78 is 0. The third-order valence-corrected chi connectivity index (χ3v) is 4.57. The fourth-order valence-corrected chi connectivity index (χ4v) is 3.25. The summed E-state index contributed by atoms with van der Waals surface area (Å²) in [6.07, 6.45) is 9.60. The molecule has 0 aromatic heterocycles. The molecule has 2 aliphatic rings. The second-order valence-corrected chi connectivity index (χ2v) is 6.36. The van der Waals surface area contributed by atoms with Gasteiger partial charge in [0, 0.05) is 6.04 Å². The number of allylic oxidation sites excluding steroid dienone is 1. The summed E-state index contributed by atoms with van der Waals surface area (Å²) in [7, 11) is 0. The molecule has 0 saturated heterocycles. The second kappa shape index (κ2) is 7.07. The van der Waals surface area contributed by atoms with Crippen LogP contribution in [0.4, 0.5) is 0 Å². The van der Waals surface area contributed by atoms with E-state index in [1.165, 1.54) is 32.1 Å². The van der Waals surface area contributed by atoms with Crippen molar-refractivity contribution in [3.05, 3.63) is 11.1 Å². The van der Waals surface area contributed by atoms with Crippen LogP contribution in [-0.4, -0.2) is 30.0 Å². The molecule has 1 atom stereocenters. The van der Waals surface area contributed by atoms with Crippen molar-refractivity contribution in [2.75, 3.05) is 13.1 Å². The average Bonchev–Trinajstić information content (AvgIpc) is 2.64. The molecule has 1 unspecified atom stereocenters. The molecule has 3 nitrogen and oxygen atoms in total. The molecule has 19 heavy (non-hydrogen) atoms. The van der Waals surface area contributed by atoms with E-state index in [4.69, 9.17) is 23.2 Å². The smallest absolute Gasteiger partial charge is 0.145 e. The number of rotatable bonds is 6. The maximum atomic E-state index is 6.13. The summed E-state index contributed by atoms with van der Waals surface area (Å²) in [5.41, 5.74) is -0.524. The molecule has 0 bridgehead atoms. The molecule has 108 valence electrons. The van der Waals surface area contributed by atoms with Gasteiger partial charge in [-0.05, 0) is 45.4 Å². The molecule has 1 aliphatic carbocycles. The lowest BCUT2D eigenvalue weighted by atomic mass is 9.95. The Morgan fingerprint density at radius 1 is 1.26 bits per heavy atom. The van der Waals surface area contributed by atoms with Crippen LogP contribution < -0.4 is 10.6 Å². The van der Waals surface area contributed by atoms with Crippen molar-refractivity contribution in [3.8, 4) is 0 Å². The van der Waals surface area contributed by atoms with E-state index in [-0.39, 0.29) is 0 Å². The minimum Gasteiger partial charge on any atom is -0.314 e. The van der Waals surface area contributed by atoms with Crippen LogP contribution in [0.2, 0.25) is 0 Å². The zero-order valence-corrected chi connectivity index (χ0v) is 13.0. The van der Waals surface area contributed by atoms with Crippen molar-refractivity contribution in [1.82, 2.24) is 10.6 Å². The third kappa shape index (κ3) is 4.45. The highest BCUT2D eigenvalue weighted by Gasteiger charge is 2.31. The van der Waals surface area contributed by atoms with Gasteiger partial charge in [-0.15, -0.1) is 0 Å². The molecule has 1 aliphatic heterocycles. The highest BCUT2D eigenvalue weighted by Crippen LogP contribution is 2.28. The Morgan fingerprint density at radius 2 is 2.00 bits per heavy atom. The van der Waals surface area contributed by atoms with Crippen LogP contribution in [0, 0.1) is 0 Å². The molecular weight excluding hydrogens is 281 g/mol. The molecule has 2 rings (SSSR count). The Morgan fingerprint density at radius 3 is 2.63 bits per heavy atom.